The van der Waals surface area contributed by atoms with Crippen LogP contribution in [-0.4, -0.2) is 25.7 Å². The van der Waals surface area contributed by atoms with E-state index < -0.39 is 11.2 Å². The summed E-state index contributed by atoms with van der Waals surface area (Å²) in [5, 5.41) is 15.8. The molecule has 1 unspecified atom stereocenters. The first kappa shape index (κ1) is 15.8. The topological polar surface area (TPSA) is 60.2 Å². The van der Waals surface area contributed by atoms with Crippen molar-refractivity contribution >= 4 is 11.6 Å². The number of rotatable bonds is 6. The van der Waals surface area contributed by atoms with E-state index in [1.165, 1.54) is 6.33 Å². The molecule has 5 nitrogen and oxygen atoms in total. The number of hydrogen-bond donors (Lipinski definition) is 1. The average molecular weight is 310 g/mol. The average Bonchev–Trinajstić information content (AvgIpc) is 2.94. The molecule has 1 atom stereocenters. The number of halogens is 1. The van der Waals surface area contributed by atoms with Gasteiger partial charge < -0.3 is 9.84 Å². The zero-order chi connectivity index (χ0) is 15.5. The van der Waals surface area contributed by atoms with Crippen molar-refractivity contribution in [3.63, 3.8) is 0 Å². The van der Waals surface area contributed by atoms with Crippen molar-refractivity contribution in [1.29, 1.82) is 0 Å². The molecule has 0 saturated heterocycles. The molecule has 0 aliphatic rings. The van der Waals surface area contributed by atoms with Crippen LogP contribution in [0.4, 0.5) is 0 Å². The van der Waals surface area contributed by atoms with Gasteiger partial charge in [0.2, 0.25) is 5.79 Å². The third-order valence-corrected chi connectivity index (χ3v) is 4.14. The van der Waals surface area contributed by atoms with E-state index in [1.807, 2.05) is 20.8 Å². The summed E-state index contributed by atoms with van der Waals surface area (Å²) in [5.41, 5.74) is -0.474. The fraction of sp³-hybridized carbons (Fsp3) is 0.467. The quantitative estimate of drug-likeness (QED) is 0.833. The Morgan fingerprint density at radius 3 is 2.48 bits per heavy atom. The van der Waals surface area contributed by atoms with Crippen LogP contribution >= 0.6 is 11.6 Å². The van der Waals surface area contributed by atoms with Crippen LogP contribution < -0.4 is 4.74 Å². The molecule has 1 heterocycles. The maximum atomic E-state index is 11.1. The maximum Gasteiger partial charge on any atom is 0.233 e. The summed E-state index contributed by atoms with van der Waals surface area (Å²) in [6, 6.07) is 6.93. The molecule has 2 aromatic rings. The minimum atomic E-state index is -1.41. The summed E-state index contributed by atoms with van der Waals surface area (Å²) in [6.07, 6.45) is 3.73. The Hall–Kier alpha value is -1.59. The first-order chi connectivity index (χ1) is 9.86. The second-order valence-electron chi connectivity index (χ2n) is 5.67. The van der Waals surface area contributed by atoms with Crippen LogP contribution in [0.1, 0.15) is 27.2 Å². The first-order valence-electron chi connectivity index (χ1n) is 6.86. The third-order valence-electron chi connectivity index (χ3n) is 3.88. The molecule has 21 heavy (non-hydrogen) atoms. The minimum absolute atomic E-state index is 0.191. The molecule has 2 rings (SSSR count). The Balaban J connectivity index is 2.29. The fourth-order valence-electron chi connectivity index (χ4n) is 1.89. The lowest BCUT2D eigenvalue weighted by atomic mass is 9.80. The van der Waals surface area contributed by atoms with Gasteiger partial charge in [0.15, 0.2) is 0 Å². The smallest absolute Gasteiger partial charge is 0.233 e. The number of benzene rings is 1. The molecule has 1 N–H and O–H groups in total. The Morgan fingerprint density at radius 2 is 1.95 bits per heavy atom. The SMILES string of the molecule is CCC(C)(C)C(O)(Cn1cncn1)Oc1ccc(Cl)cc1. The summed E-state index contributed by atoms with van der Waals surface area (Å²) in [5.74, 6) is -0.855. The van der Waals surface area contributed by atoms with E-state index in [2.05, 4.69) is 10.1 Å². The summed E-state index contributed by atoms with van der Waals surface area (Å²) >= 11 is 5.87. The lowest BCUT2D eigenvalue weighted by molar-refractivity contribution is -0.223. The summed E-state index contributed by atoms with van der Waals surface area (Å²) < 4.78 is 7.46. The molecule has 114 valence electrons. The minimum Gasteiger partial charge on any atom is -0.460 e. The second-order valence-corrected chi connectivity index (χ2v) is 6.11. The molecule has 0 radical (unpaired) electrons. The molecule has 0 saturated carbocycles. The van der Waals surface area contributed by atoms with Gasteiger partial charge in [-0.05, 0) is 30.7 Å². The highest BCUT2D eigenvalue weighted by Gasteiger charge is 2.45. The number of aliphatic hydroxyl groups is 1. The summed E-state index contributed by atoms with van der Waals surface area (Å²) in [6.45, 7) is 6.12. The van der Waals surface area contributed by atoms with E-state index in [1.54, 1.807) is 35.3 Å². The highest BCUT2D eigenvalue weighted by atomic mass is 35.5. The van der Waals surface area contributed by atoms with E-state index in [0.717, 1.165) is 6.42 Å². The van der Waals surface area contributed by atoms with Gasteiger partial charge >= 0.3 is 0 Å². The van der Waals surface area contributed by atoms with E-state index in [9.17, 15) is 5.11 Å². The van der Waals surface area contributed by atoms with Gasteiger partial charge in [-0.25, -0.2) is 9.67 Å². The highest BCUT2D eigenvalue weighted by Crippen LogP contribution is 2.37. The molecular formula is C15H20ClN3O2. The van der Waals surface area contributed by atoms with Crippen LogP contribution in [0.3, 0.4) is 0 Å². The normalized spacial score (nSPS) is 14.7. The van der Waals surface area contributed by atoms with Crippen LogP contribution in [0.15, 0.2) is 36.9 Å². The maximum absolute atomic E-state index is 11.1. The molecule has 0 aliphatic carbocycles. The number of nitrogens with zero attached hydrogens (tertiary/aromatic N) is 3. The lowest BCUT2D eigenvalue weighted by Crippen LogP contribution is -2.52. The van der Waals surface area contributed by atoms with Crippen molar-refractivity contribution in [2.45, 2.75) is 39.5 Å². The number of hydrogen-bond acceptors (Lipinski definition) is 4. The van der Waals surface area contributed by atoms with Gasteiger partial charge in [-0.1, -0.05) is 32.4 Å². The van der Waals surface area contributed by atoms with Crippen molar-refractivity contribution in [1.82, 2.24) is 14.8 Å². The van der Waals surface area contributed by atoms with E-state index in [-0.39, 0.29) is 6.54 Å². The first-order valence-corrected chi connectivity index (χ1v) is 7.23. The largest absolute Gasteiger partial charge is 0.460 e. The van der Waals surface area contributed by atoms with E-state index in [0.29, 0.717) is 10.8 Å². The Labute approximate surface area is 129 Å². The monoisotopic (exact) mass is 309 g/mol. The van der Waals surface area contributed by atoms with Gasteiger partial charge in [0.1, 0.15) is 24.9 Å². The van der Waals surface area contributed by atoms with Crippen LogP contribution in [0.25, 0.3) is 0 Å². The molecule has 0 amide bonds. The Kier molecular flexibility index (Phi) is 4.54. The predicted molar refractivity (Wildman–Crippen MR) is 81.1 cm³/mol. The second kappa shape index (κ2) is 6.03. The van der Waals surface area contributed by atoms with Crippen molar-refractivity contribution in [2.24, 2.45) is 5.41 Å². The van der Waals surface area contributed by atoms with Crippen LogP contribution in [0.5, 0.6) is 5.75 Å². The van der Waals surface area contributed by atoms with Gasteiger partial charge in [-0.15, -0.1) is 0 Å². The van der Waals surface area contributed by atoms with Gasteiger partial charge in [0.05, 0.1) is 0 Å². The molecule has 0 fully saturated rings. The zero-order valence-electron chi connectivity index (χ0n) is 12.5. The molecule has 0 spiro atoms. The molecule has 6 heteroatoms. The van der Waals surface area contributed by atoms with Crippen molar-refractivity contribution in [2.75, 3.05) is 0 Å². The molecule has 1 aromatic carbocycles. The Morgan fingerprint density at radius 1 is 1.29 bits per heavy atom. The van der Waals surface area contributed by atoms with Crippen LogP contribution in [-0.2, 0) is 6.54 Å². The molecule has 1 aromatic heterocycles. The van der Waals surface area contributed by atoms with Gasteiger partial charge in [-0.2, -0.15) is 5.10 Å². The third kappa shape index (κ3) is 3.54. The molecule has 0 aliphatic heterocycles. The molecule has 0 bridgehead atoms. The Bertz CT molecular complexity index is 569. The van der Waals surface area contributed by atoms with E-state index in [4.69, 9.17) is 16.3 Å². The van der Waals surface area contributed by atoms with Crippen molar-refractivity contribution < 1.29 is 9.84 Å². The summed E-state index contributed by atoms with van der Waals surface area (Å²) in [7, 11) is 0. The standard InChI is InChI=1S/C15H20ClN3O2/c1-4-14(2,3)15(20,9-19-11-17-10-18-19)21-13-7-5-12(16)6-8-13/h5-8,10-11,20H,4,9H2,1-3H3. The van der Waals surface area contributed by atoms with Gasteiger partial charge in [-0.3, -0.25) is 0 Å². The summed E-state index contributed by atoms with van der Waals surface area (Å²) in [4.78, 5) is 3.90. The van der Waals surface area contributed by atoms with Crippen LogP contribution in [0.2, 0.25) is 5.02 Å². The van der Waals surface area contributed by atoms with Crippen molar-refractivity contribution in [3.05, 3.63) is 41.9 Å². The predicted octanol–water partition coefficient (Wildman–Crippen LogP) is 3.14. The van der Waals surface area contributed by atoms with Gasteiger partial charge in [0, 0.05) is 10.4 Å². The number of ether oxygens (including phenoxy) is 1. The highest BCUT2D eigenvalue weighted by molar-refractivity contribution is 6.30. The zero-order valence-corrected chi connectivity index (χ0v) is 13.2. The van der Waals surface area contributed by atoms with Gasteiger partial charge in [0.25, 0.3) is 0 Å². The van der Waals surface area contributed by atoms with E-state index >= 15 is 0 Å². The van der Waals surface area contributed by atoms with Crippen molar-refractivity contribution in [3.8, 4) is 5.75 Å². The number of aromatic nitrogens is 3. The lowest BCUT2D eigenvalue weighted by Gasteiger charge is -2.41. The van der Waals surface area contributed by atoms with Crippen LogP contribution in [0, 0.1) is 5.41 Å². The fourth-order valence-corrected chi connectivity index (χ4v) is 2.02. The molecular weight excluding hydrogens is 290 g/mol.